The lowest BCUT2D eigenvalue weighted by Gasteiger charge is -2.31. The second-order valence-electron chi connectivity index (χ2n) is 5.45. The molecule has 1 fully saturated rings. The third-order valence-electron chi connectivity index (χ3n) is 3.86. The Labute approximate surface area is 127 Å². The van der Waals surface area contributed by atoms with Crippen molar-refractivity contribution in [1.82, 2.24) is 14.6 Å². The molecular weight excluding hydrogens is 288 g/mol. The van der Waals surface area contributed by atoms with Gasteiger partial charge in [0, 0.05) is 25.5 Å². The van der Waals surface area contributed by atoms with Crippen molar-refractivity contribution in [1.29, 1.82) is 0 Å². The maximum absolute atomic E-state index is 12.4. The Balaban J connectivity index is 1.94. The minimum absolute atomic E-state index is 0.569. The van der Waals surface area contributed by atoms with Crippen LogP contribution in [0.1, 0.15) is 25.3 Å². The minimum atomic E-state index is -3.47. The summed E-state index contributed by atoms with van der Waals surface area (Å²) in [4.78, 5) is 3.97. The first-order valence-corrected chi connectivity index (χ1v) is 8.86. The van der Waals surface area contributed by atoms with E-state index < -0.39 is 10.2 Å². The van der Waals surface area contributed by atoms with E-state index in [1.807, 2.05) is 6.92 Å². The lowest BCUT2D eigenvalue weighted by Crippen LogP contribution is -2.43. The molecule has 0 amide bonds. The molecule has 1 aromatic rings. The maximum Gasteiger partial charge on any atom is 0.301 e. The summed E-state index contributed by atoms with van der Waals surface area (Å²) in [6.07, 6.45) is 5.06. The highest BCUT2D eigenvalue weighted by Crippen LogP contribution is 2.21. The van der Waals surface area contributed by atoms with Crippen LogP contribution in [0.5, 0.6) is 0 Å². The molecule has 2 rings (SSSR count). The van der Waals surface area contributed by atoms with Crippen molar-refractivity contribution in [3.8, 4) is 0 Å². The second-order valence-corrected chi connectivity index (χ2v) is 7.12. The van der Waals surface area contributed by atoms with Gasteiger partial charge in [-0.05, 0) is 50.4 Å². The zero-order valence-corrected chi connectivity index (χ0v) is 13.5. The quantitative estimate of drug-likeness (QED) is 0.832. The van der Waals surface area contributed by atoms with Crippen LogP contribution in [0.15, 0.2) is 18.5 Å². The highest BCUT2D eigenvalue weighted by atomic mass is 32.2. The number of rotatable bonds is 6. The van der Waals surface area contributed by atoms with Crippen molar-refractivity contribution in [2.24, 2.45) is 5.92 Å². The highest BCUT2D eigenvalue weighted by molar-refractivity contribution is 7.90. The van der Waals surface area contributed by atoms with Gasteiger partial charge in [-0.25, -0.2) is 0 Å². The monoisotopic (exact) mass is 312 g/mol. The van der Waals surface area contributed by atoms with Crippen LogP contribution < -0.4 is 10.0 Å². The van der Waals surface area contributed by atoms with Gasteiger partial charge < -0.3 is 5.32 Å². The molecule has 0 aliphatic carbocycles. The van der Waals surface area contributed by atoms with E-state index in [0.717, 1.165) is 31.5 Å². The number of pyridine rings is 1. The molecule has 1 saturated heterocycles. The topological polar surface area (TPSA) is 74.3 Å². The molecule has 0 unspecified atom stereocenters. The fourth-order valence-electron chi connectivity index (χ4n) is 2.49. The average Bonchev–Trinajstić information content (AvgIpc) is 2.48. The lowest BCUT2D eigenvalue weighted by molar-refractivity contribution is 0.269. The Hall–Kier alpha value is -1.18. The van der Waals surface area contributed by atoms with Crippen LogP contribution in [0, 0.1) is 12.8 Å². The first-order chi connectivity index (χ1) is 10.0. The van der Waals surface area contributed by atoms with Crippen molar-refractivity contribution >= 4 is 15.9 Å². The summed E-state index contributed by atoms with van der Waals surface area (Å²) >= 11 is 0. The van der Waals surface area contributed by atoms with E-state index in [1.54, 1.807) is 18.5 Å². The van der Waals surface area contributed by atoms with Gasteiger partial charge in [-0.3, -0.25) is 9.71 Å². The van der Waals surface area contributed by atoms with Crippen LogP contribution >= 0.6 is 0 Å². The smallest absolute Gasteiger partial charge is 0.301 e. The van der Waals surface area contributed by atoms with E-state index >= 15 is 0 Å². The van der Waals surface area contributed by atoms with Crippen LogP contribution in [-0.4, -0.2) is 43.9 Å². The molecule has 0 radical (unpaired) electrons. The van der Waals surface area contributed by atoms with Gasteiger partial charge in [-0.1, -0.05) is 6.92 Å². The summed E-state index contributed by atoms with van der Waals surface area (Å²) in [5, 5.41) is 3.33. The van der Waals surface area contributed by atoms with E-state index in [9.17, 15) is 8.42 Å². The van der Waals surface area contributed by atoms with Crippen LogP contribution in [0.2, 0.25) is 0 Å². The standard InChI is InChI=1S/C14H24N4O2S/c1-3-15-11-13-5-8-18(9-6-13)21(19,20)17-14-4-7-16-10-12(14)2/h4,7,10,13,15H,3,5-6,8-9,11H2,1-2H3,(H,16,17). The van der Waals surface area contributed by atoms with E-state index in [1.165, 1.54) is 4.31 Å². The summed E-state index contributed by atoms with van der Waals surface area (Å²) in [7, 11) is -3.47. The summed E-state index contributed by atoms with van der Waals surface area (Å²) in [6, 6.07) is 1.69. The normalized spacial score (nSPS) is 17.8. The summed E-state index contributed by atoms with van der Waals surface area (Å²) in [6.45, 7) is 7.02. The predicted molar refractivity (Wildman–Crippen MR) is 84.4 cm³/mol. The number of hydrogen-bond donors (Lipinski definition) is 2. The van der Waals surface area contributed by atoms with Crippen LogP contribution in [0.4, 0.5) is 5.69 Å². The van der Waals surface area contributed by atoms with Crippen LogP contribution in [0.25, 0.3) is 0 Å². The van der Waals surface area contributed by atoms with Gasteiger partial charge in [-0.15, -0.1) is 0 Å². The van der Waals surface area contributed by atoms with E-state index in [4.69, 9.17) is 0 Å². The Morgan fingerprint density at radius 2 is 2.10 bits per heavy atom. The first kappa shape index (κ1) is 16.2. The predicted octanol–water partition coefficient (Wildman–Crippen LogP) is 1.37. The van der Waals surface area contributed by atoms with Crippen molar-refractivity contribution in [3.05, 3.63) is 24.0 Å². The maximum atomic E-state index is 12.4. The number of piperidine rings is 1. The lowest BCUT2D eigenvalue weighted by atomic mass is 9.98. The van der Waals surface area contributed by atoms with Crippen LogP contribution in [0.3, 0.4) is 0 Å². The van der Waals surface area contributed by atoms with Gasteiger partial charge >= 0.3 is 10.2 Å². The third-order valence-corrected chi connectivity index (χ3v) is 5.38. The van der Waals surface area contributed by atoms with E-state index in [2.05, 4.69) is 21.9 Å². The molecule has 0 spiro atoms. The Kier molecular flexibility index (Phi) is 5.55. The number of anilines is 1. The minimum Gasteiger partial charge on any atom is -0.317 e. The Bertz CT molecular complexity index is 554. The Morgan fingerprint density at radius 3 is 2.71 bits per heavy atom. The molecule has 0 bridgehead atoms. The summed E-state index contributed by atoms with van der Waals surface area (Å²) in [5.41, 5.74) is 1.42. The molecule has 0 saturated carbocycles. The van der Waals surface area contributed by atoms with Crippen molar-refractivity contribution in [3.63, 3.8) is 0 Å². The molecular formula is C14H24N4O2S. The second kappa shape index (κ2) is 7.20. The zero-order valence-electron chi connectivity index (χ0n) is 12.7. The SMILES string of the molecule is CCNCC1CCN(S(=O)(=O)Nc2ccncc2C)CC1. The molecule has 2 heterocycles. The van der Waals surface area contributed by atoms with Crippen molar-refractivity contribution < 1.29 is 8.42 Å². The van der Waals surface area contributed by atoms with Gasteiger partial charge in [0.25, 0.3) is 0 Å². The molecule has 1 aliphatic rings. The largest absolute Gasteiger partial charge is 0.317 e. The van der Waals surface area contributed by atoms with Crippen molar-refractivity contribution in [2.45, 2.75) is 26.7 Å². The molecule has 0 aromatic carbocycles. The first-order valence-electron chi connectivity index (χ1n) is 7.42. The van der Waals surface area contributed by atoms with Crippen molar-refractivity contribution in [2.75, 3.05) is 30.9 Å². The van der Waals surface area contributed by atoms with Gasteiger partial charge in [-0.2, -0.15) is 12.7 Å². The molecule has 1 aliphatic heterocycles. The number of hydrogen-bond acceptors (Lipinski definition) is 4. The average molecular weight is 312 g/mol. The van der Waals surface area contributed by atoms with Gasteiger partial charge in [0.05, 0.1) is 5.69 Å². The molecule has 1 aromatic heterocycles. The molecule has 21 heavy (non-hydrogen) atoms. The van der Waals surface area contributed by atoms with E-state index in [-0.39, 0.29) is 0 Å². The highest BCUT2D eigenvalue weighted by Gasteiger charge is 2.27. The number of nitrogens with one attached hydrogen (secondary N) is 2. The van der Waals surface area contributed by atoms with E-state index in [0.29, 0.717) is 24.7 Å². The Morgan fingerprint density at radius 1 is 1.38 bits per heavy atom. The summed E-state index contributed by atoms with van der Waals surface area (Å²) < 4.78 is 29.0. The third kappa shape index (κ3) is 4.39. The number of nitrogens with zero attached hydrogens (tertiary/aromatic N) is 2. The number of aromatic nitrogens is 1. The van der Waals surface area contributed by atoms with Gasteiger partial charge in [0.2, 0.25) is 0 Å². The van der Waals surface area contributed by atoms with Gasteiger partial charge in [0.15, 0.2) is 0 Å². The fourth-order valence-corrected chi connectivity index (χ4v) is 3.82. The molecule has 6 nitrogen and oxygen atoms in total. The molecule has 118 valence electrons. The zero-order chi connectivity index (χ0) is 15.3. The molecule has 0 atom stereocenters. The summed E-state index contributed by atoms with van der Waals surface area (Å²) in [5.74, 6) is 0.569. The molecule has 7 heteroatoms. The fraction of sp³-hybridized carbons (Fsp3) is 0.643. The number of aryl methyl sites for hydroxylation is 1. The van der Waals surface area contributed by atoms with Gasteiger partial charge in [0.1, 0.15) is 0 Å². The molecule has 2 N–H and O–H groups in total. The van der Waals surface area contributed by atoms with Crippen LogP contribution in [-0.2, 0) is 10.2 Å².